The highest BCUT2D eigenvalue weighted by atomic mass is 19.3. The van der Waals surface area contributed by atoms with Crippen LogP contribution in [0.25, 0.3) is 15.9 Å². The second-order valence-corrected chi connectivity index (χ2v) is 8.68. The molecule has 1 aromatic heterocycles. The summed E-state index contributed by atoms with van der Waals surface area (Å²) in [6.45, 7) is 10.2. The number of carbonyl (C=O) groups excluding carboxylic acids is 1. The van der Waals surface area contributed by atoms with E-state index in [0.29, 0.717) is 22.5 Å². The molecular formula is C21H23F3N4O2. The molecule has 4 rings (SSSR count). The van der Waals surface area contributed by atoms with E-state index < -0.39 is 29.8 Å². The van der Waals surface area contributed by atoms with E-state index >= 15 is 0 Å². The quantitative estimate of drug-likeness (QED) is 0.676. The number of hydrogen-bond acceptors (Lipinski definition) is 3. The lowest BCUT2D eigenvalue weighted by atomic mass is 9.67. The van der Waals surface area contributed by atoms with Crippen LogP contribution in [0.15, 0.2) is 12.1 Å². The largest absolute Gasteiger partial charge is 0.496 e. The van der Waals surface area contributed by atoms with Gasteiger partial charge in [-0.05, 0) is 45.2 Å². The molecule has 1 amide bonds. The van der Waals surface area contributed by atoms with Gasteiger partial charge in [-0.2, -0.15) is 0 Å². The van der Waals surface area contributed by atoms with Crippen molar-refractivity contribution in [1.29, 1.82) is 0 Å². The number of ether oxygens (including phenoxy) is 1. The summed E-state index contributed by atoms with van der Waals surface area (Å²) >= 11 is 0. The van der Waals surface area contributed by atoms with E-state index in [4.69, 9.17) is 11.3 Å². The molecule has 2 fully saturated rings. The molecule has 2 aromatic rings. The maximum absolute atomic E-state index is 14.2. The molecule has 160 valence electrons. The zero-order chi connectivity index (χ0) is 21.9. The van der Waals surface area contributed by atoms with E-state index in [-0.39, 0.29) is 17.9 Å². The Bertz CT molecular complexity index is 1070. The Balaban J connectivity index is 1.69. The van der Waals surface area contributed by atoms with Crippen molar-refractivity contribution in [2.45, 2.75) is 63.1 Å². The van der Waals surface area contributed by atoms with Gasteiger partial charge in [0.1, 0.15) is 11.3 Å². The second-order valence-electron chi connectivity index (χ2n) is 8.68. The molecule has 2 aliphatic rings. The minimum absolute atomic E-state index is 0.254. The Kier molecular flexibility index (Phi) is 4.53. The van der Waals surface area contributed by atoms with E-state index in [9.17, 15) is 18.0 Å². The third kappa shape index (κ3) is 2.92. The molecular weight excluding hydrogens is 397 g/mol. The first-order valence-electron chi connectivity index (χ1n) is 9.87. The summed E-state index contributed by atoms with van der Waals surface area (Å²) in [5, 5.41) is 2.70. The highest BCUT2D eigenvalue weighted by molar-refractivity contribution is 5.94. The number of halogens is 3. The van der Waals surface area contributed by atoms with Crippen LogP contribution in [0, 0.1) is 12.5 Å². The Morgan fingerprint density at radius 2 is 2.07 bits per heavy atom. The minimum atomic E-state index is -3.41. The van der Waals surface area contributed by atoms with Crippen LogP contribution in [-0.4, -0.2) is 34.2 Å². The first-order chi connectivity index (χ1) is 14.0. The van der Waals surface area contributed by atoms with Crippen molar-refractivity contribution in [3.05, 3.63) is 23.5 Å². The number of nitrogens with zero attached hydrogens (tertiary/aromatic N) is 3. The number of nitrogens with one attached hydrogen (secondary N) is 1. The first kappa shape index (κ1) is 20.5. The van der Waals surface area contributed by atoms with Crippen LogP contribution in [0.4, 0.5) is 24.8 Å². The molecule has 1 heterocycles. The summed E-state index contributed by atoms with van der Waals surface area (Å²) in [4.78, 5) is 20.6. The molecule has 0 radical (unpaired) electrons. The fraction of sp³-hybridized carbons (Fsp3) is 0.571. The summed E-state index contributed by atoms with van der Waals surface area (Å²) in [5.41, 5.74) is -1.47. The molecule has 0 bridgehead atoms. The van der Waals surface area contributed by atoms with E-state index in [2.05, 4.69) is 15.1 Å². The number of anilines is 1. The molecule has 1 aromatic carbocycles. The van der Waals surface area contributed by atoms with Gasteiger partial charge in [0.25, 0.3) is 5.92 Å². The number of alkyl halides is 3. The highest BCUT2D eigenvalue weighted by Gasteiger charge is 2.66. The number of rotatable bonds is 5. The molecule has 2 atom stereocenters. The molecule has 6 nitrogen and oxygen atoms in total. The minimum Gasteiger partial charge on any atom is -0.496 e. The Hall–Kier alpha value is -2.76. The molecule has 2 aliphatic carbocycles. The zero-order valence-electron chi connectivity index (χ0n) is 17.1. The summed E-state index contributed by atoms with van der Waals surface area (Å²) in [7, 11) is 1.48. The standard InChI is InChI=1S/C21H23F3N4O2/c1-19(6-5-7-19)28-14-9-13(25-3)10-15(30-4)17(14)27-18(28)26-16(29)8-12-11-21(23,24)20(12,2)22/h9-10,12H,5-8,11H2,1-2,4H3,(H,26,27,29). The number of methoxy groups -OCH3 is 1. The van der Waals surface area contributed by atoms with Gasteiger partial charge in [-0.3, -0.25) is 10.1 Å². The van der Waals surface area contributed by atoms with Crippen molar-refractivity contribution in [3.8, 4) is 5.75 Å². The van der Waals surface area contributed by atoms with Crippen molar-refractivity contribution >= 4 is 28.6 Å². The Morgan fingerprint density at radius 3 is 2.57 bits per heavy atom. The van der Waals surface area contributed by atoms with Crippen LogP contribution in [0.2, 0.25) is 0 Å². The summed E-state index contributed by atoms with van der Waals surface area (Å²) in [6, 6.07) is 3.27. The van der Waals surface area contributed by atoms with E-state index in [1.54, 1.807) is 12.1 Å². The lowest BCUT2D eigenvalue weighted by Crippen LogP contribution is -2.60. The highest BCUT2D eigenvalue weighted by Crippen LogP contribution is 2.55. The average molecular weight is 420 g/mol. The lowest BCUT2D eigenvalue weighted by molar-refractivity contribution is -0.242. The topological polar surface area (TPSA) is 60.5 Å². The summed E-state index contributed by atoms with van der Waals surface area (Å²) in [5.74, 6) is -4.36. The number of amides is 1. The van der Waals surface area contributed by atoms with Crippen LogP contribution in [0.3, 0.4) is 0 Å². The fourth-order valence-electron chi connectivity index (χ4n) is 4.43. The molecule has 30 heavy (non-hydrogen) atoms. The maximum Gasteiger partial charge on any atom is 0.281 e. The summed E-state index contributed by atoms with van der Waals surface area (Å²) < 4.78 is 48.4. The van der Waals surface area contributed by atoms with Crippen molar-refractivity contribution in [2.24, 2.45) is 5.92 Å². The molecule has 0 aliphatic heterocycles. The van der Waals surface area contributed by atoms with Crippen LogP contribution in [0.1, 0.15) is 46.0 Å². The normalized spacial score (nSPS) is 26.4. The van der Waals surface area contributed by atoms with Crippen LogP contribution < -0.4 is 10.1 Å². The van der Waals surface area contributed by atoms with Gasteiger partial charge in [0.05, 0.1) is 19.2 Å². The van der Waals surface area contributed by atoms with Crippen molar-refractivity contribution in [2.75, 3.05) is 12.4 Å². The third-order valence-electron chi connectivity index (χ3n) is 6.70. The predicted molar refractivity (Wildman–Crippen MR) is 106 cm³/mol. The zero-order valence-corrected chi connectivity index (χ0v) is 17.1. The number of benzene rings is 1. The van der Waals surface area contributed by atoms with Gasteiger partial charge < -0.3 is 9.30 Å². The monoisotopic (exact) mass is 420 g/mol. The molecule has 2 unspecified atom stereocenters. The van der Waals surface area contributed by atoms with Gasteiger partial charge in [-0.15, -0.1) is 0 Å². The number of hydrogen-bond donors (Lipinski definition) is 1. The van der Waals surface area contributed by atoms with Gasteiger partial charge in [0, 0.05) is 24.3 Å². The van der Waals surface area contributed by atoms with Gasteiger partial charge in [-0.25, -0.2) is 23.0 Å². The number of imidazole rings is 1. The SMILES string of the molecule is [C-]#[N+]c1cc(OC)c2nc(NC(=O)CC3CC(F)(F)C3(C)F)n(C3(C)CCC3)c2c1. The fourth-order valence-corrected chi connectivity index (χ4v) is 4.43. The molecule has 0 saturated heterocycles. The number of fused-ring (bicyclic) bond motifs is 1. The van der Waals surface area contributed by atoms with Crippen molar-refractivity contribution in [1.82, 2.24) is 9.55 Å². The lowest BCUT2D eigenvalue weighted by Gasteiger charge is -2.47. The molecule has 9 heteroatoms. The Labute approximate surface area is 172 Å². The second kappa shape index (κ2) is 6.62. The van der Waals surface area contributed by atoms with Crippen molar-refractivity contribution in [3.63, 3.8) is 0 Å². The van der Waals surface area contributed by atoms with Crippen LogP contribution in [-0.2, 0) is 10.3 Å². The molecule has 2 saturated carbocycles. The van der Waals surface area contributed by atoms with Gasteiger partial charge in [0.2, 0.25) is 11.9 Å². The summed E-state index contributed by atoms with van der Waals surface area (Å²) in [6.07, 6.45) is 1.74. The average Bonchev–Trinajstić information content (AvgIpc) is 3.02. The third-order valence-corrected chi connectivity index (χ3v) is 6.70. The Morgan fingerprint density at radius 1 is 1.37 bits per heavy atom. The maximum atomic E-state index is 14.2. The number of carbonyl (C=O) groups is 1. The smallest absolute Gasteiger partial charge is 0.281 e. The number of aromatic nitrogens is 2. The van der Waals surface area contributed by atoms with Crippen LogP contribution in [0.5, 0.6) is 5.75 Å². The van der Waals surface area contributed by atoms with E-state index in [1.807, 2.05) is 11.5 Å². The van der Waals surface area contributed by atoms with E-state index in [1.165, 1.54) is 7.11 Å². The van der Waals surface area contributed by atoms with Gasteiger partial charge in [-0.1, -0.05) is 0 Å². The molecule has 1 N–H and O–H groups in total. The van der Waals surface area contributed by atoms with Gasteiger partial charge in [0.15, 0.2) is 11.4 Å². The van der Waals surface area contributed by atoms with Crippen LogP contribution >= 0.6 is 0 Å². The van der Waals surface area contributed by atoms with Gasteiger partial charge >= 0.3 is 0 Å². The molecule has 0 spiro atoms. The van der Waals surface area contributed by atoms with E-state index in [0.717, 1.165) is 26.2 Å². The van der Waals surface area contributed by atoms with Crippen molar-refractivity contribution < 1.29 is 22.7 Å². The predicted octanol–water partition coefficient (Wildman–Crippen LogP) is 5.21. The first-order valence-corrected chi connectivity index (χ1v) is 9.87.